The summed E-state index contributed by atoms with van der Waals surface area (Å²) in [5.41, 5.74) is 0.127. The van der Waals surface area contributed by atoms with Gasteiger partial charge in [-0.2, -0.15) is 14.0 Å². The topological polar surface area (TPSA) is 114 Å². The van der Waals surface area contributed by atoms with Gasteiger partial charge < -0.3 is 14.8 Å². The molecular weight excluding hydrogens is 388 g/mol. The van der Waals surface area contributed by atoms with Crippen molar-refractivity contribution in [3.63, 3.8) is 0 Å². The van der Waals surface area contributed by atoms with Gasteiger partial charge in [0.05, 0.1) is 23.7 Å². The van der Waals surface area contributed by atoms with Gasteiger partial charge in [0, 0.05) is 5.69 Å². The van der Waals surface area contributed by atoms with E-state index in [1.54, 1.807) is 30.3 Å². The Morgan fingerprint density at radius 2 is 1.93 bits per heavy atom. The highest BCUT2D eigenvalue weighted by Gasteiger charge is 2.22. The van der Waals surface area contributed by atoms with Crippen LogP contribution in [0.1, 0.15) is 11.1 Å². The number of carbonyl (C=O) groups is 1. The van der Waals surface area contributed by atoms with Crippen molar-refractivity contribution in [2.45, 2.75) is 13.5 Å². The van der Waals surface area contributed by atoms with E-state index in [9.17, 15) is 29.0 Å². The maximum absolute atomic E-state index is 12.5. The molecule has 0 aromatic heterocycles. The molecule has 2 aromatic carbocycles. The minimum absolute atomic E-state index is 0.191. The van der Waals surface area contributed by atoms with Crippen molar-refractivity contribution in [2.24, 2.45) is 0 Å². The lowest BCUT2D eigenvalue weighted by molar-refractivity contribution is -0.385. The van der Waals surface area contributed by atoms with E-state index < -0.39 is 34.5 Å². The van der Waals surface area contributed by atoms with Gasteiger partial charge in [-0.3, -0.25) is 14.9 Å². The first-order valence-corrected chi connectivity index (χ1v) is 8.06. The van der Waals surface area contributed by atoms with Gasteiger partial charge in [0.15, 0.2) is 11.5 Å². The monoisotopic (exact) mass is 403 g/mol. The largest absolute Gasteiger partial charge is 0.493 e. The molecule has 1 N–H and O–H groups in total. The zero-order chi connectivity index (χ0) is 21.6. The SMILES string of the molecule is COc1cc(/C=C(\C#N)C(=O)Nc2ccc(C)cc2)c([N+](=O)[O-])cc1OC(F)F. The number of anilines is 1. The van der Waals surface area contributed by atoms with E-state index in [1.165, 1.54) is 0 Å². The van der Waals surface area contributed by atoms with E-state index in [-0.39, 0.29) is 11.3 Å². The highest BCUT2D eigenvalue weighted by molar-refractivity contribution is 6.10. The maximum atomic E-state index is 12.5. The van der Waals surface area contributed by atoms with Crippen LogP contribution in [-0.2, 0) is 4.79 Å². The molecule has 0 heterocycles. The molecule has 8 nitrogen and oxygen atoms in total. The Labute approximate surface area is 164 Å². The fourth-order valence-electron chi connectivity index (χ4n) is 2.33. The third-order valence-corrected chi connectivity index (χ3v) is 3.70. The van der Waals surface area contributed by atoms with Crippen LogP contribution in [0.25, 0.3) is 6.08 Å². The first kappa shape index (κ1) is 21.3. The average Bonchev–Trinajstić information content (AvgIpc) is 2.67. The van der Waals surface area contributed by atoms with Gasteiger partial charge in [-0.1, -0.05) is 17.7 Å². The zero-order valence-corrected chi connectivity index (χ0v) is 15.3. The fourth-order valence-corrected chi connectivity index (χ4v) is 2.33. The number of carbonyl (C=O) groups excluding carboxylic acids is 1. The number of ether oxygens (including phenoxy) is 2. The van der Waals surface area contributed by atoms with Gasteiger partial charge >= 0.3 is 6.61 Å². The standard InChI is InChI=1S/C19H15F2N3O5/c1-11-3-5-14(6-4-11)23-18(25)13(10-22)7-12-8-16(28-2)17(29-19(20)21)9-15(12)24(26)27/h3-9,19H,1-2H3,(H,23,25)/b13-7+. The zero-order valence-electron chi connectivity index (χ0n) is 15.3. The number of nitriles is 1. The highest BCUT2D eigenvalue weighted by atomic mass is 19.3. The Morgan fingerprint density at radius 1 is 1.28 bits per heavy atom. The molecule has 29 heavy (non-hydrogen) atoms. The highest BCUT2D eigenvalue weighted by Crippen LogP contribution is 2.36. The van der Waals surface area contributed by atoms with E-state index in [4.69, 9.17) is 4.74 Å². The molecular formula is C19H15F2N3O5. The summed E-state index contributed by atoms with van der Waals surface area (Å²) in [4.78, 5) is 22.8. The molecule has 0 saturated carbocycles. The van der Waals surface area contributed by atoms with Gasteiger partial charge in [0.25, 0.3) is 11.6 Å². The fraction of sp³-hybridized carbons (Fsp3) is 0.158. The Balaban J connectivity index is 2.45. The Hall–Kier alpha value is -4.00. The number of benzene rings is 2. The van der Waals surface area contributed by atoms with Crippen LogP contribution in [0.2, 0.25) is 0 Å². The lowest BCUT2D eigenvalue weighted by Gasteiger charge is -2.11. The number of aryl methyl sites for hydroxylation is 1. The number of hydrogen-bond donors (Lipinski definition) is 1. The number of nitro benzene ring substituents is 1. The van der Waals surface area contributed by atoms with Crippen LogP contribution in [0.4, 0.5) is 20.2 Å². The maximum Gasteiger partial charge on any atom is 0.387 e. The van der Waals surface area contributed by atoms with Crippen LogP contribution in [-0.4, -0.2) is 24.6 Å². The normalized spacial score (nSPS) is 11.0. The minimum Gasteiger partial charge on any atom is -0.493 e. The van der Waals surface area contributed by atoms with Crippen LogP contribution in [0.5, 0.6) is 11.5 Å². The van der Waals surface area contributed by atoms with Crippen LogP contribution in [0.3, 0.4) is 0 Å². The van der Waals surface area contributed by atoms with Crippen LogP contribution in [0, 0.1) is 28.4 Å². The molecule has 0 fully saturated rings. The second kappa shape index (κ2) is 9.27. The molecule has 0 aliphatic carbocycles. The smallest absolute Gasteiger partial charge is 0.387 e. The number of amides is 1. The van der Waals surface area contributed by atoms with Crippen molar-refractivity contribution in [2.75, 3.05) is 12.4 Å². The molecule has 1 amide bonds. The number of nitrogens with zero attached hydrogens (tertiary/aromatic N) is 2. The number of nitrogens with one attached hydrogen (secondary N) is 1. The van der Waals surface area contributed by atoms with Crippen molar-refractivity contribution in [1.82, 2.24) is 0 Å². The third kappa shape index (κ3) is 5.49. The van der Waals surface area contributed by atoms with Crippen LogP contribution < -0.4 is 14.8 Å². The molecule has 10 heteroatoms. The summed E-state index contributed by atoms with van der Waals surface area (Å²) in [5, 5.41) is 23.1. The Morgan fingerprint density at radius 3 is 2.45 bits per heavy atom. The first-order chi connectivity index (χ1) is 13.7. The molecule has 150 valence electrons. The number of halogens is 2. The van der Waals surface area contributed by atoms with E-state index in [2.05, 4.69) is 10.1 Å². The quantitative estimate of drug-likeness (QED) is 0.323. The number of methoxy groups -OCH3 is 1. The van der Waals surface area contributed by atoms with Crippen molar-refractivity contribution >= 4 is 23.4 Å². The molecule has 0 unspecified atom stereocenters. The summed E-state index contributed by atoms with van der Waals surface area (Å²) in [5.74, 6) is -1.56. The first-order valence-electron chi connectivity index (χ1n) is 8.06. The van der Waals surface area contributed by atoms with Crippen molar-refractivity contribution in [1.29, 1.82) is 5.26 Å². The average molecular weight is 403 g/mol. The lowest BCUT2D eigenvalue weighted by Crippen LogP contribution is -2.13. The lowest BCUT2D eigenvalue weighted by atomic mass is 10.1. The summed E-state index contributed by atoms with van der Waals surface area (Å²) < 4.78 is 34.2. The number of alkyl halides is 2. The minimum atomic E-state index is -3.22. The van der Waals surface area contributed by atoms with E-state index in [1.807, 2.05) is 6.92 Å². The summed E-state index contributed by atoms with van der Waals surface area (Å²) >= 11 is 0. The molecule has 0 aliphatic rings. The van der Waals surface area contributed by atoms with Gasteiger partial charge in [-0.25, -0.2) is 0 Å². The second-order valence-electron chi connectivity index (χ2n) is 5.69. The Kier molecular flexibility index (Phi) is 6.81. The molecule has 2 rings (SSSR count). The number of rotatable bonds is 7. The van der Waals surface area contributed by atoms with Crippen molar-refractivity contribution in [3.8, 4) is 17.6 Å². The van der Waals surface area contributed by atoms with Gasteiger partial charge in [0.2, 0.25) is 0 Å². The van der Waals surface area contributed by atoms with Gasteiger partial charge in [-0.15, -0.1) is 0 Å². The summed E-state index contributed by atoms with van der Waals surface area (Å²) in [6, 6.07) is 10.2. The molecule has 2 aromatic rings. The predicted octanol–water partition coefficient (Wildman–Crippen LogP) is 4.06. The molecule has 0 aliphatic heterocycles. The van der Waals surface area contributed by atoms with E-state index >= 15 is 0 Å². The van der Waals surface area contributed by atoms with Crippen LogP contribution >= 0.6 is 0 Å². The third-order valence-electron chi connectivity index (χ3n) is 3.70. The van der Waals surface area contributed by atoms with Crippen molar-refractivity contribution in [3.05, 3.63) is 63.2 Å². The summed E-state index contributed by atoms with van der Waals surface area (Å²) in [6.07, 6.45) is 0.969. The van der Waals surface area contributed by atoms with E-state index in [0.717, 1.165) is 30.9 Å². The Bertz CT molecular complexity index is 998. The summed E-state index contributed by atoms with van der Waals surface area (Å²) in [6.45, 7) is -1.36. The second-order valence-corrected chi connectivity index (χ2v) is 5.69. The molecule has 0 atom stereocenters. The molecule has 0 spiro atoms. The van der Waals surface area contributed by atoms with Gasteiger partial charge in [0.1, 0.15) is 11.6 Å². The number of hydrogen-bond acceptors (Lipinski definition) is 6. The predicted molar refractivity (Wildman–Crippen MR) is 99.7 cm³/mol. The molecule has 0 bridgehead atoms. The van der Waals surface area contributed by atoms with Gasteiger partial charge in [-0.05, 0) is 31.2 Å². The number of nitro groups is 1. The summed E-state index contributed by atoms with van der Waals surface area (Å²) in [7, 11) is 1.16. The van der Waals surface area contributed by atoms with Crippen LogP contribution in [0.15, 0.2) is 42.0 Å². The van der Waals surface area contributed by atoms with Crippen molar-refractivity contribution < 1.29 is 28.0 Å². The van der Waals surface area contributed by atoms with E-state index in [0.29, 0.717) is 5.69 Å². The molecule has 0 radical (unpaired) electrons. The molecule has 0 saturated heterocycles.